The van der Waals surface area contributed by atoms with E-state index in [0.29, 0.717) is 12.1 Å². The molecule has 3 aliphatic heterocycles. The smallest absolute Gasteiger partial charge is 0.399 e. The molecule has 4 fully saturated rings. The number of hydrogen-bond donors (Lipinski definition) is 0. The summed E-state index contributed by atoms with van der Waals surface area (Å²) in [6.07, 6.45) is 3.61. The van der Waals surface area contributed by atoms with Crippen molar-refractivity contribution in [3.63, 3.8) is 0 Å². The molecule has 6 rings (SSSR count). The van der Waals surface area contributed by atoms with Crippen molar-refractivity contribution in [2.75, 3.05) is 11.4 Å². The van der Waals surface area contributed by atoms with Gasteiger partial charge in [-0.3, -0.25) is 9.69 Å². The summed E-state index contributed by atoms with van der Waals surface area (Å²) in [5, 5.41) is 0. The van der Waals surface area contributed by atoms with Crippen molar-refractivity contribution in [1.29, 1.82) is 0 Å². The molecular weight excluding hydrogens is 399 g/mol. The molecule has 32 heavy (non-hydrogen) atoms. The molecule has 6 heteroatoms. The summed E-state index contributed by atoms with van der Waals surface area (Å²) in [5.41, 5.74) is 1.95. The highest BCUT2D eigenvalue weighted by atomic mass is 16.7. The van der Waals surface area contributed by atoms with Crippen molar-refractivity contribution in [2.24, 2.45) is 11.8 Å². The van der Waals surface area contributed by atoms with Crippen LogP contribution in [0.25, 0.3) is 0 Å². The van der Waals surface area contributed by atoms with Gasteiger partial charge in [0.1, 0.15) is 0 Å². The van der Waals surface area contributed by atoms with E-state index in [1.165, 1.54) is 13.0 Å². The minimum absolute atomic E-state index is 0.235. The van der Waals surface area contributed by atoms with Crippen LogP contribution in [0.15, 0.2) is 18.2 Å². The SMILES string of the molecule is C[C@H]1C2C[C@@H]2CN1C1CC(N2C(=O)C(C)(C)c3ccc(B4OC(C)(C)C(C)(C)O4)cc32)C1. The average molecular weight is 436 g/mol. The fourth-order valence-corrected chi connectivity index (χ4v) is 6.57. The highest BCUT2D eigenvalue weighted by molar-refractivity contribution is 6.62. The Labute approximate surface area is 193 Å². The Bertz CT molecular complexity index is 967. The van der Waals surface area contributed by atoms with Crippen molar-refractivity contribution in [3.8, 4) is 0 Å². The van der Waals surface area contributed by atoms with Gasteiger partial charge in [0.25, 0.3) is 0 Å². The van der Waals surface area contributed by atoms with Gasteiger partial charge in [0.2, 0.25) is 5.91 Å². The number of carbonyl (C=O) groups excluding carboxylic acids is 1. The Hall–Kier alpha value is -1.37. The first-order valence-corrected chi connectivity index (χ1v) is 12.5. The third-order valence-electron chi connectivity index (χ3n) is 9.72. The van der Waals surface area contributed by atoms with Gasteiger partial charge in [-0.2, -0.15) is 0 Å². The molecule has 1 aromatic carbocycles. The lowest BCUT2D eigenvalue weighted by Gasteiger charge is -2.47. The fraction of sp³-hybridized carbons (Fsp3) is 0.731. The third-order valence-corrected chi connectivity index (χ3v) is 9.72. The number of amides is 1. The molecule has 2 saturated carbocycles. The molecule has 2 saturated heterocycles. The lowest BCUT2D eigenvalue weighted by Crippen LogP contribution is -2.57. The van der Waals surface area contributed by atoms with Crippen LogP contribution < -0.4 is 10.4 Å². The van der Waals surface area contributed by atoms with E-state index in [4.69, 9.17) is 9.31 Å². The summed E-state index contributed by atoms with van der Waals surface area (Å²) in [4.78, 5) is 18.4. The van der Waals surface area contributed by atoms with Gasteiger partial charge in [-0.25, -0.2) is 0 Å². The van der Waals surface area contributed by atoms with Gasteiger partial charge in [-0.15, -0.1) is 0 Å². The van der Waals surface area contributed by atoms with Crippen LogP contribution in [0.5, 0.6) is 0 Å². The van der Waals surface area contributed by atoms with E-state index in [1.54, 1.807) is 0 Å². The molecular formula is C26H37BN2O3. The molecule has 0 N–H and O–H groups in total. The van der Waals surface area contributed by atoms with E-state index in [-0.39, 0.29) is 17.1 Å². The predicted molar refractivity (Wildman–Crippen MR) is 127 cm³/mol. The molecule has 0 bridgehead atoms. The van der Waals surface area contributed by atoms with Gasteiger partial charge >= 0.3 is 7.12 Å². The largest absolute Gasteiger partial charge is 0.494 e. The average Bonchev–Trinajstić information content (AvgIpc) is 3.27. The number of anilines is 1. The Kier molecular flexibility index (Phi) is 4.24. The van der Waals surface area contributed by atoms with E-state index in [0.717, 1.165) is 47.4 Å². The van der Waals surface area contributed by atoms with E-state index >= 15 is 0 Å². The van der Waals surface area contributed by atoms with E-state index < -0.39 is 12.5 Å². The Balaban J connectivity index is 1.26. The summed E-state index contributed by atoms with van der Waals surface area (Å²) in [6.45, 7) is 16.1. The monoisotopic (exact) mass is 436 g/mol. The highest BCUT2D eigenvalue weighted by Gasteiger charge is 2.56. The summed E-state index contributed by atoms with van der Waals surface area (Å²) < 4.78 is 12.6. The number of piperidine rings is 1. The number of nitrogens with zero attached hydrogens (tertiary/aromatic N) is 2. The molecule has 0 spiro atoms. The van der Waals surface area contributed by atoms with Gasteiger partial charge in [0, 0.05) is 30.4 Å². The first-order chi connectivity index (χ1) is 14.9. The number of benzene rings is 1. The van der Waals surface area contributed by atoms with Crippen molar-refractivity contribution in [1.82, 2.24) is 4.90 Å². The fourth-order valence-electron chi connectivity index (χ4n) is 6.57. The third kappa shape index (κ3) is 2.78. The van der Waals surface area contributed by atoms with Crippen molar-refractivity contribution >= 4 is 24.2 Å². The minimum Gasteiger partial charge on any atom is -0.399 e. The molecule has 5 nitrogen and oxygen atoms in total. The number of rotatable bonds is 3. The molecule has 2 aliphatic carbocycles. The van der Waals surface area contributed by atoms with E-state index in [1.807, 2.05) is 0 Å². The second kappa shape index (κ2) is 6.40. The van der Waals surface area contributed by atoms with Crippen LogP contribution in [-0.4, -0.2) is 53.8 Å². The predicted octanol–water partition coefficient (Wildman–Crippen LogP) is 3.48. The van der Waals surface area contributed by atoms with Crippen LogP contribution in [0.4, 0.5) is 5.69 Å². The number of likely N-dealkylation sites (tertiary alicyclic amines) is 1. The Morgan fingerprint density at radius 2 is 1.62 bits per heavy atom. The molecule has 1 amide bonds. The summed E-state index contributed by atoms with van der Waals surface area (Å²) >= 11 is 0. The summed E-state index contributed by atoms with van der Waals surface area (Å²) in [5.74, 6) is 2.11. The maximum absolute atomic E-state index is 13.6. The van der Waals surface area contributed by atoms with Crippen molar-refractivity contribution in [2.45, 2.75) is 102 Å². The molecule has 3 atom stereocenters. The summed E-state index contributed by atoms with van der Waals surface area (Å²) in [6, 6.07) is 8.02. The maximum atomic E-state index is 13.6. The van der Waals surface area contributed by atoms with Crippen LogP contribution in [0.2, 0.25) is 0 Å². The minimum atomic E-state index is -0.489. The van der Waals surface area contributed by atoms with Crippen LogP contribution >= 0.6 is 0 Å². The first kappa shape index (κ1) is 21.2. The zero-order valence-electron chi connectivity index (χ0n) is 20.6. The van der Waals surface area contributed by atoms with Crippen molar-refractivity contribution in [3.05, 3.63) is 23.8 Å². The molecule has 172 valence electrons. The van der Waals surface area contributed by atoms with Gasteiger partial charge < -0.3 is 14.2 Å². The maximum Gasteiger partial charge on any atom is 0.494 e. The van der Waals surface area contributed by atoms with Crippen LogP contribution in [0, 0.1) is 11.8 Å². The normalized spacial score (nSPS) is 38.6. The molecule has 0 aromatic heterocycles. The Morgan fingerprint density at radius 1 is 0.969 bits per heavy atom. The van der Waals surface area contributed by atoms with Crippen LogP contribution in [0.3, 0.4) is 0 Å². The number of fused-ring (bicyclic) bond motifs is 2. The van der Waals surface area contributed by atoms with Gasteiger partial charge in [-0.1, -0.05) is 12.1 Å². The van der Waals surface area contributed by atoms with Gasteiger partial charge in [-0.05, 0) is 96.7 Å². The van der Waals surface area contributed by atoms with Crippen molar-refractivity contribution < 1.29 is 14.1 Å². The lowest BCUT2D eigenvalue weighted by atomic mass is 9.76. The molecule has 0 radical (unpaired) electrons. The van der Waals surface area contributed by atoms with Crippen LogP contribution in [-0.2, 0) is 19.5 Å². The van der Waals surface area contributed by atoms with Gasteiger partial charge in [0.15, 0.2) is 0 Å². The van der Waals surface area contributed by atoms with Gasteiger partial charge in [0.05, 0.1) is 16.6 Å². The summed E-state index contributed by atoms with van der Waals surface area (Å²) in [7, 11) is -0.405. The topological polar surface area (TPSA) is 42.0 Å². The van der Waals surface area contributed by atoms with E-state index in [9.17, 15) is 4.79 Å². The standard InChI is InChI=1S/C26H37BN2O3/c1-15-20-10-16(20)14-28(15)18-12-19(13-18)29-22-11-17(8-9-21(22)24(2,3)23(29)30)27-31-25(4,5)26(6,7)32-27/h8-9,11,15-16,18-20H,10,12-14H2,1-7H3/t15-,16+,18?,19?,20?/m0/s1. The molecule has 5 aliphatic rings. The number of carbonyl (C=O) groups is 1. The quantitative estimate of drug-likeness (QED) is 0.681. The lowest BCUT2D eigenvalue weighted by molar-refractivity contribution is -0.123. The zero-order valence-corrected chi connectivity index (χ0v) is 20.6. The second-order valence-electron chi connectivity index (χ2n) is 12.5. The number of hydrogen-bond acceptors (Lipinski definition) is 4. The second-order valence-corrected chi connectivity index (χ2v) is 12.5. The highest BCUT2D eigenvalue weighted by Crippen LogP contribution is 2.53. The first-order valence-electron chi connectivity index (χ1n) is 12.5. The molecule has 1 unspecified atom stereocenters. The Morgan fingerprint density at radius 3 is 2.22 bits per heavy atom. The molecule has 1 aromatic rings. The zero-order chi connectivity index (χ0) is 22.8. The molecule has 3 heterocycles. The van der Waals surface area contributed by atoms with Crippen LogP contribution in [0.1, 0.15) is 73.3 Å². The van der Waals surface area contributed by atoms with E-state index in [2.05, 4.69) is 76.5 Å².